The van der Waals surface area contributed by atoms with Gasteiger partial charge in [-0.25, -0.2) is 0 Å². The molecule has 1 aliphatic rings. The van der Waals surface area contributed by atoms with Crippen molar-refractivity contribution in [3.63, 3.8) is 0 Å². The molecule has 5 heteroatoms. The standard InChI is InChI=1S/C19H20N2O3/c1-12(2)13-7-9-14(10-8-13)18(22)20-11-17-19(23)21-15-5-3-4-6-16(15)24-17/h3-10,12,17H,11H2,1-2H3,(H,20,22)(H,21,23). The van der Waals surface area contributed by atoms with Gasteiger partial charge in [-0.3, -0.25) is 9.59 Å². The van der Waals surface area contributed by atoms with Crippen LogP contribution >= 0.6 is 0 Å². The summed E-state index contributed by atoms with van der Waals surface area (Å²) in [7, 11) is 0. The highest BCUT2D eigenvalue weighted by Gasteiger charge is 2.27. The number of ether oxygens (including phenoxy) is 1. The number of fused-ring (bicyclic) bond motifs is 1. The third kappa shape index (κ3) is 3.40. The van der Waals surface area contributed by atoms with E-state index in [-0.39, 0.29) is 18.4 Å². The van der Waals surface area contributed by atoms with Gasteiger partial charge in [-0.2, -0.15) is 0 Å². The highest BCUT2D eigenvalue weighted by molar-refractivity contribution is 5.99. The van der Waals surface area contributed by atoms with Crippen LogP contribution in [0, 0.1) is 0 Å². The number of carbonyl (C=O) groups excluding carboxylic acids is 2. The van der Waals surface area contributed by atoms with Crippen molar-refractivity contribution >= 4 is 17.5 Å². The van der Waals surface area contributed by atoms with Crippen molar-refractivity contribution in [2.75, 3.05) is 11.9 Å². The average Bonchev–Trinajstić information content (AvgIpc) is 2.59. The molecule has 124 valence electrons. The summed E-state index contributed by atoms with van der Waals surface area (Å²) in [6.45, 7) is 4.32. The molecule has 0 aromatic heterocycles. The van der Waals surface area contributed by atoms with Gasteiger partial charge in [0.15, 0.2) is 6.10 Å². The van der Waals surface area contributed by atoms with E-state index in [1.807, 2.05) is 24.3 Å². The van der Waals surface area contributed by atoms with Crippen molar-refractivity contribution < 1.29 is 14.3 Å². The molecule has 2 aromatic carbocycles. The molecule has 0 spiro atoms. The Morgan fingerprint density at radius 1 is 1.17 bits per heavy atom. The number of hydrogen-bond acceptors (Lipinski definition) is 3. The summed E-state index contributed by atoms with van der Waals surface area (Å²) >= 11 is 0. The Balaban J connectivity index is 1.61. The summed E-state index contributed by atoms with van der Waals surface area (Å²) in [5.41, 5.74) is 2.39. The molecule has 0 bridgehead atoms. The molecule has 24 heavy (non-hydrogen) atoms. The molecular weight excluding hydrogens is 304 g/mol. The topological polar surface area (TPSA) is 67.4 Å². The van der Waals surface area contributed by atoms with E-state index >= 15 is 0 Å². The predicted molar refractivity (Wildman–Crippen MR) is 92.4 cm³/mol. The van der Waals surface area contributed by atoms with Gasteiger partial charge in [0, 0.05) is 5.56 Å². The third-order valence-electron chi connectivity index (χ3n) is 3.99. The number of nitrogens with one attached hydrogen (secondary N) is 2. The van der Waals surface area contributed by atoms with Crippen molar-refractivity contribution in [2.24, 2.45) is 0 Å². The zero-order valence-corrected chi connectivity index (χ0v) is 13.7. The first-order valence-electron chi connectivity index (χ1n) is 7.99. The highest BCUT2D eigenvalue weighted by Crippen LogP contribution is 2.28. The quantitative estimate of drug-likeness (QED) is 0.908. The van der Waals surface area contributed by atoms with Crippen LogP contribution in [0.15, 0.2) is 48.5 Å². The number of anilines is 1. The largest absolute Gasteiger partial charge is 0.477 e. The van der Waals surface area contributed by atoms with Crippen molar-refractivity contribution in [3.05, 3.63) is 59.7 Å². The molecule has 2 aromatic rings. The van der Waals surface area contributed by atoms with Gasteiger partial charge >= 0.3 is 0 Å². The first-order valence-corrected chi connectivity index (χ1v) is 7.99. The lowest BCUT2D eigenvalue weighted by atomic mass is 10.0. The predicted octanol–water partition coefficient (Wildman–Crippen LogP) is 2.94. The SMILES string of the molecule is CC(C)c1ccc(C(=O)NCC2Oc3ccccc3NC2=O)cc1. The zero-order chi connectivity index (χ0) is 17.1. The number of hydrogen-bond donors (Lipinski definition) is 2. The summed E-state index contributed by atoms with van der Waals surface area (Å²) in [4.78, 5) is 24.3. The van der Waals surface area contributed by atoms with E-state index in [2.05, 4.69) is 24.5 Å². The van der Waals surface area contributed by atoms with Crippen LogP contribution in [0.2, 0.25) is 0 Å². The lowest BCUT2D eigenvalue weighted by Crippen LogP contribution is -2.45. The van der Waals surface area contributed by atoms with E-state index < -0.39 is 6.10 Å². The molecule has 0 fully saturated rings. The van der Waals surface area contributed by atoms with Crippen LogP contribution in [0.4, 0.5) is 5.69 Å². The Morgan fingerprint density at radius 3 is 2.58 bits per heavy atom. The number of para-hydroxylation sites is 2. The van der Waals surface area contributed by atoms with Gasteiger partial charge in [0.1, 0.15) is 5.75 Å². The smallest absolute Gasteiger partial charge is 0.267 e. The van der Waals surface area contributed by atoms with Gasteiger partial charge in [-0.15, -0.1) is 0 Å². The Morgan fingerprint density at radius 2 is 1.88 bits per heavy atom. The molecule has 1 unspecified atom stereocenters. The van der Waals surface area contributed by atoms with Gasteiger partial charge in [-0.05, 0) is 35.7 Å². The molecule has 2 N–H and O–H groups in total. The summed E-state index contributed by atoms with van der Waals surface area (Å²) < 4.78 is 5.65. The average molecular weight is 324 g/mol. The number of amides is 2. The Bertz CT molecular complexity index is 753. The summed E-state index contributed by atoms with van der Waals surface area (Å²) in [5, 5.41) is 5.53. The zero-order valence-electron chi connectivity index (χ0n) is 13.7. The fourth-order valence-electron chi connectivity index (χ4n) is 2.53. The van der Waals surface area contributed by atoms with Crippen molar-refractivity contribution in [3.8, 4) is 5.75 Å². The van der Waals surface area contributed by atoms with E-state index in [1.165, 1.54) is 5.56 Å². The molecule has 0 aliphatic carbocycles. The van der Waals surface area contributed by atoms with Crippen LogP contribution < -0.4 is 15.4 Å². The molecule has 0 saturated carbocycles. The summed E-state index contributed by atoms with van der Waals surface area (Å²) in [6.07, 6.45) is -0.737. The molecule has 3 rings (SSSR count). The lowest BCUT2D eigenvalue weighted by Gasteiger charge is -2.25. The first-order chi connectivity index (χ1) is 11.5. The maximum atomic E-state index is 12.2. The molecule has 0 radical (unpaired) electrons. The maximum Gasteiger partial charge on any atom is 0.267 e. The molecular formula is C19H20N2O3. The minimum Gasteiger partial charge on any atom is -0.477 e. The Hall–Kier alpha value is -2.82. The third-order valence-corrected chi connectivity index (χ3v) is 3.99. The van der Waals surface area contributed by atoms with Crippen LogP contribution in [0.25, 0.3) is 0 Å². The molecule has 1 aliphatic heterocycles. The molecule has 0 saturated heterocycles. The summed E-state index contributed by atoms with van der Waals surface area (Å²) in [5.74, 6) is 0.545. The highest BCUT2D eigenvalue weighted by atomic mass is 16.5. The van der Waals surface area contributed by atoms with Crippen LogP contribution in [0.1, 0.15) is 35.7 Å². The van der Waals surface area contributed by atoms with Gasteiger partial charge in [0.25, 0.3) is 11.8 Å². The van der Waals surface area contributed by atoms with Crippen LogP contribution in [-0.4, -0.2) is 24.5 Å². The lowest BCUT2D eigenvalue weighted by molar-refractivity contribution is -0.123. The minimum atomic E-state index is -0.737. The van der Waals surface area contributed by atoms with Crippen LogP contribution in [0.3, 0.4) is 0 Å². The van der Waals surface area contributed by atoms with E-state index in [0.717, 1.165) is 0 Å². The fraction of sp³-hybridized carbons (Fsp3) is 0.263. The number of benzene rings is 2. The molecule has 1 heterocycles. The second-order valence-corrected chi connectivity index (χ2v) is 6.08. The monoisotopic (exact) mass is 324 g/mol. The van der Waals surface area contributed by atoms with Gasteiger partial charge in [-0.1, -0.05) is 38.1 Å². The molecule has 5 nitrogen and oxygen atoms in total. The Labute approximate surface area is 141 Å². The van der Waals surface area contributed by atoms with Crippen LogP contribution in [-0.2, 0) is 4.79 Å². The molecule has 2 amide bonds. The van der Waals surface area contributed by atoms with Crippen molar-refractivity contribution in [1.29, 1.82) is 0 Å². The minimum absolute atomic E-state index is 0.116. The second-order valence-electron chi connectivity index (χ2n) is 6.08. The second kappa shape index (κ2) is 6.74. The van der Waals surface area contributed by atoms with E-state index in [9.17, 15) is 9.59 Å². The van der Waals surface area contributed by atoms with Crippen LogP contribution in [0.5, 0.6) is 5.75 Å². The summed E-state index contributed by atoms with van der Waals surface area (Å²) in [6, 6.07) is 14.7. The van der Waals surface area contributed by atoms with Gasteiger partial charge < -0.3 is 15.4 Å². The van der Waals surface area contributed by atoms with E-state index in [0.29, 0.717) is 22.9 Å². The maximum absolute atomic E-state index is 12.2. The normalized spacial score (nSPS) is 16.1. The van der Waals surface area contributed by atoms with Gasteiger partial charge in [0.05, 0.1) is 12.2 Å². The number of rotatable bonds is 4. The first kappa shape index (κ1) is 16.1. The van der Waals surface area contributed by atoms with E-state index in [4.69, 9.17) is 4.74 Å². The molecule has 1 atom stereocenters. The van der Waals surface area contributed by atoms with E-state index in [1.54, 1.807) is 24.3 Å². The fourth-order valence-corrected chi connectivity index (χ4v) is 2.53. The Kier molecular flexibility index (Phi) is 4.51. The number of carbonyl (C=O) groups is 2. The van der Waals surface area contributed by atoms with Crippen molar-refractivity contribution in [1.82, 2.24) is 5.32 Å². The van der Waals surface area contributed by atoms with Crippen molar-refractivity contribution in [2.45, 2.75) is 25.9 Å². The van der Waals surface area contributed by atoms with Gasteiger partial charge in [0.2, 0.25) is 0 Å².